The van der Waals surface area contributed by atoms with Crippen LogP contribution in [0.4, 0.5) is 0 Å². The lowest BCUT2D eigenvalue weighted by molar-refractivity contribution is 0.360. The molecule has 0 aliphatic rings. The lowest BCUT2D eigenvalue weighted by Gasteiger charge is -2.10. The molecule has 9 heteroatoms. The molecule has 0 aliphatic carbocycles. The molecule has 0 aliphatic heterocycles. The average molecular weight is 367 g/mol. The third-order valence-corrected chi connectivity index (χ3v) is 3.80. The summed E-state index contributed by atoms with van der Waals surface area (Å²) in [7, 11) is 0. The summed E-state index contributed by atoms with van der Waals surface area (Å²) < 4.78 is 7.86. The van der Waals surface area contributed by atoms with Crippen LogP contribution in [-0.4, -0.2) is 23.8 Å². The standard InChI is InChI=1S/C18H17N5O4/c1-3-10-21-16(24)22(11-4-2)18(26)23(17(21)25)12-14-19-15(20-27-14)13-8-6-5-7-9-13/h3-9H,1-2,10-12H2. The van der Waals surface area contributed by atoms with E-state index in [-0.39, 0.29) is 25.5 Å². The second-order valence-electron chi connectivity index (χ2n) is 5.61. The molecule has 0 saturated heterocycles. The van der Waals surface area contributed by atoms with Gasteiger partial charge in [-0.2, -0.15) is 4.98 Å². The molecular formula is C18H17N5O4. The summed E-state index contributed by atoms with van der Waals surface area (Å²) >= 11 is 0. The van der Waals surface area contributed by atoms with Crippen LogP contribution in [0.25, 0.3) is 11.4 Å². The highest BCUT2D eigenvalue weighted by atomic mass is 16.5. The highest BCUT2D eigenvalue weighted by molar-refractivity contribution is 5.53. The van der Waals surface area contributed by atoms with Crippen LogP contribution in [0.3, 0.4) is 0 Å². The Morgan fingerprint density at radius 2 is 1.44 bits per heavy atom. The van der Waals surface area contributed by atoms with Gasteiger partial charge in [-0.1, -0.05) is 47.6 Å². The predicted molar refractivity (Wildman–Crippen MR) is 98.5 cm³/mol. The summed E-state index contributed by atoms with van der Waals surface area (Å²) in [5.74, 6) is 0.409. The SMILES string of the molecule is C=CCn1c(=O)n(CC=C)c(=O)n(Cc2nc(-c3ccccc3)no2)c1=O. The fraction of sp³-hybridized carbons (Fsp3) is 0.167. The molecule has 0 bridgehead atoms. The van der Waals surface area contributed by atoms with E-state index < -0.39 is 17.1 Å². The molecule has 0 saturated carbocycles. The van der Waals surface area contributed by atoms with Gasteiger partial charge in [0.1, 0.15) is 6.54 Å². The third kappa shape index (κ3) is 3.47. The quantitative estimate of drug-likeness (QED) is 0.568. The molecule has 3 rings (SSSR count). The molecule has 0 fully saturated rings. The highest BCUT2D eigenvalue weighted by Gasteiger charge is 2.17. The average Bonchev–Trinajstić information content (AvgIpc) is 3.15. The van der Waals surface area contributed by atoms with Crippen LogP contribution in [0.1, 0.15) is 5.89 Å². The number of aromatic nitrogens is 5. The minimum absolute atomic E-state index is 0.0335. The van der Waals surface area contributed by atoms with Gasteiger partial charge in [-0.15, -0.1) is 13.2 Å². The van der Waals surface area contributed by atoms with Crippen LogP contribution in [0.15, 0.2) is 74.5 Å². The van der Waals surface area contributed by atoms with Crippen molar-refractivity contribution in [2.24, 2.45) is 0 Å². The van der Waals surface area contributed by atoms with Crippen molar-refractivity contribution in [2.75, 3.05) is 0 Å². The van der Waals surface area contributed by atoms with E-state index in [1.54, 1.807) is 0 Å². The van der Waals surface area contributed by atoms with Gasteiger partial charge in [0, 0.05) is 5.56 Å². The van der Waals surface area contributed by atoms with Gasteiger partial charge in [0.2, 0.25) is 11.7 Å². The smallest absolute Gasteiger partial charge is 0.337 e. The molecule has 0 amide bonds. The topological polar surface area (TPSA) is 105 Å². The Morgan fingerprint density at radius 1 is 0.889 bits per heavy atom. The number of allylic oxidation sites excluding steroid dienone is 2. The molecule has 0 N–H and O–H groups in total. The number of rotatable bonds is 7. The minimum Gasteiger partial charge on any atom is -0.337 e. The van der Waals surface area contributed by atoms with Crippen molar-refractivity contribution in [3.05, 3.63) is 93.0 Å². The number of hydrogen-bond acceptors (Lipinski definition) is 6. The molecule has 3 aromatic rings. The zero-order chi connectivity index (χ0) is 19.4. The summed E-state index contributed by atoms with van der Waals surface area (Å²) in [6, 6.07) is 9.13. The molecule has 0 spiro atoms. The first-order valence-electron chi connectivity index (χ1n) is 8.11. The van der Waals surface area contributed by atoms with E-state index >= 15 is 0 Å². The van der Waals surface area contributed by atoms with E-state index in [4.69, 9.17) is 4.52 Å². The maximum absolute atomic E-state index is 12.6. The first-order chi connectivity index (χ1) is 13.1. The van der Waals surface area contributed by atoms with Gasteiger partial charge in [-0.25, -0.2) is 28.1 Å². The van der Waals surface area contributed by atoms with Crippen LogP contribution in [0.5, 0.6) is 0 Å². The van der Waals surface area contributed by atoms with E-state index in [2.05, 4.69) is 23.3 Å². The van der Waals surface area contributed by atoms with Crippen LogP contribution in [0, 0.1) is 0 Å². The fourth-order valence-electron chi connectivity index (χ4n) is 2.55. The first kappa shape index (κ1) is 18.1. The predicted octanol–water partition coefficient (Wildman–Crippen LogP) is 0.642. The van der Waals surface area contributed by atoms with Gasteiger partial charge in [-0.05, 0) is 0 Å². The lowest BCUT2D eigenvalue weighted by atomic mass is 10.2. The number of nitrogens with zero attached hydrogens (tertiary/aromatic N) is 5. The summed E-state index contributed by atoms with van der Waals surface area (Å²) in [5.41, 5.74) is -1.54. The van der Waals surface area contributed by atoms with Crippen LogP contribution >= 0.6 is 0 Å². The van der Waals surface area contributed by atoms with Gasteiger partial charge >= 0.3 is 17.1 Å². The summed E-state index contributed by atoms with van der Waals surface area (Å²) in [6.45, 7) is 6.74. The van der Waals surface area contributed by atoms with Crippen molar-refractivity contribution in [1.29, 1.82) is 0 Å². The van der Waals surface area contributed by atoms with E-state index in [0.29, 0.717) is 5.82 Å². The van der Waals surface area contributed by atoms with Gasteiger partial charge in [0.25, 0.3) is 0 Å². The Hall–Kier alpha value is -3.75. The lowest BCUT2D eigenvalue weighted by Crippen LogP contribution is -2.54. The van der Waals surface area contributed by atoms with Crippen molar-refractivity contribution >= 4 is 0 Å². The summed E-state index contributed by atoms with van der Waals surface area (Å²) in [4.78, 5) is 41.7. The Balaban J connectivity index is 2.07. The molecule has 9 nitrogen and oxygen atoms in total. The number of benzene rings is 1. The molecule has 2 heterocycles. The van der Waals surface area contributed by atoms with Crippen molar-refractivity contribution in [3.63, 3.8) is 0 Å². The first-order valence-corrected chi connectivity index (χ1v) is 8.11. The molecule has 0 atom stereocenters. The van der Waals surface area contributed by atoms with E-state index in [1.807, 2.05) is 30.3 Å². The van der Waals surface area contributed by atoms with Gasteiger partial charge < -0.3 is 4.52 Å². The second-order valence-corrected chi connectivity index (χ2v) is 5.61. The number of hydrogen-bond donors (Lipinski definition) is 0. The zero-order valence-corrected chi connectivity index (χ0v) is 14.4. The van der Waals surface area contributed by atoms with Crippen LogP contribution in [0.2, 0.25) is 0 Å². The van der Waals surface area contributed by atoms with Gasteiger partial charge in [0.05, 0.1) is 13.1 Å². The molecule has 2 aromatic heterocycles. The van der Waals surface area contributed by atoms with Crippen LogP contribution < -0.4 is 17.1 Å². The molecule has 1 aromatic carbocycles. The van der Waals surface area contributed by atoms with Gasteiger partial charge in [-0.3, -0.25) is 0 Å². The maximum Gasteiger partial charge on any atom is 0.337 e. The van der Waals surface area contributed by atoms with Crippen molar-refractivity contribution in [3.8, 4) is 11.4 Å². The molecule has 27 heavy (non-hydrogen) atoms. The Labute approximate surface area is 153 Å². The third-order valence-electron chi connectivity index (χ3n) is 3.80. The second kappa shape index (κ2) is 7.65. The van der Waals surface area contributed by atoms with Gasteiger partial charge in [0.15, 0.2) is 0 Å². The monoisotopic (exact) mass is 367 g/mol. The Kier molecular flexibility index (Phi) is 5.11. The molecule has 138 valence electrons. The van der Waals surface area contributed by atoms with Crippen LogP contribution in [-0.2, 0) is 19.6 Å². The van der Waals surface area contributed by atoms with E-state index in [9.17, 15) is 14.4 Å². The van der Waals surface area contributed by atoms with Crippen molar-refractivity contribution in [1.82, 2.24) is 23.8 Å². The molecule has 0 radical (unpaired) electrons. The Bertz CT molecular complexity index is 1100. The molecule has 0 unspecified atom stereocenters. The molecular weight excluding hydrogens is 350 g/mol. The fourth-order valence-corrected chi connectivity index (χ4v) is 2.55. The van der Waals surface area contributed by atoms with E-state index in [0.717, 1.165) is 19.3 Å². The minimum atomic E-state index is -0.773. The highest BCUT2D eigenvalue weighted by Crippen LogP contribution is 2.14. The largest absolute Gasteiger partial charge is 0.337 e. The Morgan fingerprint density at radius 3 is 2.00 bits per heavy atom. The van der Waals surface area contributed by atoms with Crippen molar-refractivity contribution in [2.45, 2.75) is 19.6 Å². The summed E-state index contributed by atoms with van der Waals surface area (Å²) in [6.07, 6.45) is 2.80. The maximum atomic E-state index is 12.6. The van der Waals surface area contributed by atoms with Crippen molar-refractivity contribution < 1.29 is 4.52 Å². The normalized spacial score (nSPS) is 10.7. The van der Waals surface area contributed by atoms with E-state index in [1.165, 1.54) is 12.2 Å². The zero-order valence-electron chi connectivity index (χ0n) is 14.4. The summed E-state index contributed by atoms with van der Waals surface area (Å²) in [5, 5.41) is 3.87.